The number of anilines is 1. The Labute approximate surface area is 155 Å². The standard InChI is InChI=1S/C21H28N2O3/c1-3-14-8-7-9-15(4-2)19(14)22-18(24)12-13-23-20(25)16-10-5-6-11-17(16)21(23)26/h7-9,16-17H,3-6,10-13H2,1-2H3,(H,22,24)/t16-,17-/m0/s1. The van der Waals surface area contributed by atoms with Gasteiger partial charge in [-0.15, -0.1) is 0 Å². The molecule has 1 aliphatic carbocycles. The highest BCUT2D eigenvalue weighted by atomic mass is 16.2. The Morgan fingerprint density at radius 2 is 1.58 bits per heavy atom. The van der Waals surface area contributed by atoms with E-state index in [1.165, 1.54) is 4.90 Å². The van der Waals surface area contributed by atoms with Crippen LogP contribution in [0.5, 0.6) is 0 Å². The molecule has 140 valence electrons. The molecular formula is C21H28N2O3. The average Bonchev–Trinajstić information content (AvgIpc) is 2.91. The fraction of sp³-hybridized carbons (Fsp3) is 0.571. The number of aryl methyl sites for hydroxylation is 2. The van der Waals surface area contributed by atoms with Crippen molar-refractivity contribution in [1.29, 1.82) is 0 Å². The lowest BCUT2D eigenvalue weighted by Crippen LogP contribution is -2.34. The van der Waals surface area contributed by atoms with Crippen LogP contribution in [0.2, 0.25) is 0 Å². The zero-order chi connectivity index (χ0) is 18.7. The molecule has 3 amide bonds. The van der Waals surface area contributed by atoms with Crippen LogP contribution in [-0.4, -0.2) is 29.2 Å². The molecule has 1 aromatic rings. The van der Waals surface area contributed by atoms with Crippen molar-refractivity contribution in [3.63, 3.8) is 0 Å². The Kier molecular flexibility index (Phi) is 5.74. The Bertz CT molecular complexity index is 667. The van der Waals surface area contributed by atoms with Crippen molar-refractivity contribution >= 4 is 23.4 Å². The number of para-hydroxylation sites is 1. The van der Waals surface area contributed by atoms with Gasteiger partial charge in [0.1, 0.15) is 0 Å². The summed E-state index contributed by atoms with van der Waals surface area (Å²) in [7, 11) is 0. The summed E-state index contributed by atoms with van der Waals surface area (Å²) in [4.78, 5) is 38.8. The number of imide groups is 1. The Hall–Kier alpha value is -2.17. The number of benzene rings is 1. The van der Waals surface area contributed by atoms with Crippen LogP contribution >= 0.6 is 0 Å². The first-order chi connectivity index (χ1) is 12.6. The normalized spacial score (nSPS) is 22.5. The van der Waals surface area contributed by atoms with E-state index in [-0.39, 0.29) is 42.5 Å². The fourth-order valence-electron chi connectivity index (χ4n) is 4.27. The molecule has 2 atom stereocenters. The monoisotopic (exact) mass is 356 g/mol. The highest BCUT2D eigenvalue weighted by molar-refractivity contribution is 6.05. The van der Waals surface area contributed by atoms with E-state index in [4.69, 9.17) is 0 Å². The van der Waals surface area contributed by atoms with Crippen LogP contribution in [-0.2, 0) is 27.2 Å². The van der Waals surface area contributed by atoms with Crippen molar-refractivity contribution in [2.24, 2.45) is 11.8 Å². The van der Waals surface area contributed by atoms with E-state index >= 15 is 0 Å². The third-order valence-corrected chi connectivity index (χ3v) is 5.76. The number of fused-ring (bicyclic) bond motifs is 1. The first-order valence-corrected chi connectivity index (χ1v) is 9.82. The van der Waals surface area contributed by atoms with Gasteiger partial charge in [-0.1, -0.05) is 44.9 Å². The van der Waals surface area contributed by atoms with Gasteiger partial charge in [0.2, 0.25) is 17.7 Å². The lowest BCUT2D eigenvalue weighted by Gasteiger charge is -2.19. The molecule has 0 bridgehead atoms. The van der Waals surface area contributed by atoms with Crippen LogP contribution in [0.1, 0.15) is 57.1 Å². The zero-order valence-electron chi connectivity index (χ0n) is 15.7. The molecule has 1 heterocycles. The minimum Gasteiger partial charge on any atom is -0.326 e. The molecular weight excluding hydrogens is 328 g/mol. The van der Waals surface area contributed by atoms with E-state index in [1.807, 2.05) is 18.2 Å². The quantitative estimate of drug-likeness (QED) is 0.795. The molecule has 1 saturated heterocycles. The highest BCUT2D eigenvalue weighted by Crippen LogP contribution is 2.38. The number of rotatable bonds is 6. The summed E-state index contributed by atoms with van der Waals surface area (Å²) in [5.74, 6) is -0.582. The van der Waals surface area contributed by atoms with E-state index in [9.17, 15) is 14.4 Å². The lowest BCUT2D eigenvalue weighted by atomic mass is 9.81. The summed E-state index contributed by atoms with van der Waals surface area (Å²) in [5, 5.41) is 3.01. The third-order valence-electron chi connectivity index (χ3n) is 5.76. The second-order valence-electron chi connectivity index (χ2n) is 7.28. The van der Waals surface area contributed by atoms with Gasteiger partial charge in [0, 0.05) is 18.7 Å². The van der Waals surface area contributed by atoms with Gasteiger partial charge in [0.25, 0.3) is 0 Å². The predicted octanol–water partition coefficient (Wildman–Crippen LogP) is 3.32. The number of carbonyl (C=O) groups is 3. The van der Waals surface area contributed by atoms with E-state index in [0.29, 0.717) is 0 Å². The van der Waals surface area contributed by atoms with Gasteiger partial charge < -0.3 is 5.32 Å². The van der Waals surface area contributed by atoms with Crippen molar-refractivity contribution in [1.82, 2.24) is 4.90 Å². The number of carbonyl (C=O) groups excluding carboxylic acids is 3. The summed E-state index contributed by atoms with van der Waals surface area (Å²) in [6.45, 7) is 4.31. The number of hydrogen-bond donors (Lipinski definition) is 1. The van der Waals surface area contributed by atoms with Crippen molar-refractivity contribution in [2.45, 2.75) is 58.8 Å². The van der Waals surface area contributed by atoms with Crippen LogP contribution in [0.4, 0.5) is 5.69 Å². The molecule has 0 radical (unpaired) electrons. The number of hydrogen-bond acceptors (Lipinski definition) is 3. The van der Waals surface area contributed by atoms with Crippen molar-refractivity contribution in [3.8, 4) is 0 Å². The third kappa shape index (κ3) is 3.53. The lowest BCUT2D eigenvalue weighted by molar-refractivity contribution is -0.140. The van der Waals surface area contributed by atoms with Crippen LogP contribution < -0.4 is 5.32 Å². The van der Waals surface area contributed by atoms with Crippen LogP contribution in [0.25, 0.3) is 0 Å². The minimum absolute atomic E-state index is 0.0734. The Balaban J connectivity index is 1.63. The molecule has 1 aliphatic heterocycles. The van der Waals surface area contributed by atoms with Crippen molar-refractivity contribution < 1.29 is 14.4 Å². The Morgan fingerprint density at radius 1 is 1.04 bits per heavy atom. The minimum atomic E-state index is -0.146. The molecule has 0 unspecified atom stereocenters. The molecule has 1 N–H and O–H groups in total. The van der Waals surface area contributed by atoms with E-state index in [1.54, 1.807) is 0 Å². The summed E-state index contributed by atoms with van der Waals surface area (Å²) in [6.07, 6.45) is 5.48. The van der Waals surface area contributed by atoms with Gasteiger partial charge in [0.15, 0.2) is 0 Å². The van der Waals surface area contributed by atoms with Gasteiger partial charge in [-0.2, -0.15) is 0 Å². The number of nitrogens with one attached hydrogen (secondary N) is 1. The first kappa shape index (κ1) is 18.6. The zero-order valence-corrected chi connectivity index (χ0v) is 15.7. The molecule has 5 nitrogen and oxygen atoms in total. The SMILES string of the molecule is CCc1cccc(CC)c1NC(=O)CCN1C(=O)[C@H]2CCCC[C@@H]2C1=O. The van der Waals surface area contributed by atoms with Gasteiger partial charge in [-0.3, -0.25) is 19.3 Å². The summed E-state index contributed by atoms with van der Waals surface area (Å²) >= 11 is 0. The van der Waals surface area contributed by atoms with E-state index < -0.39 is 0 Å². The molecule has 26 heavy (non-hydrogen) atoms. The molecule has 0 aromatic heterocycles. The number of likely N-dealkylation sites (tertiary alicyclic amines) is 1. The van der Waals surface area contributed by atoms with Crippen LogP contribution in [0.15, 0.2) is 18.2 Å². The first-order valence-electron chi connectivity index (χ1n) is 9.82. The largest absolute Gasteiger partial charge is 0.326 e. The molecule has 1 aromatic carbocycles. The van der Waals surface area contributed by atoms with Crippen molar-refractivity contribution in [3.05, 3.63) is 29.3 Å². The maximum atomic E-state index is 12.5. The smallest absolute Gasteiger partial charge is 0.233 e. The van der Waals surface area contributed by atoms with E-state index in [2.05, 4.69) is 19.2 Å². The van der Waals surface area contributed by atoms with Gasteiger partial charge in [-0.25, -0.2) is 0 Å². The second-order valence-corrected chi connectivity index (χ2v) is 7.28. The molecule has 1 saturated carbocycles. The number of amides is 3. The van der Waals surface area contributed by atoms with Gasteiger partial charge in [0.05, 0.1) is 11.8 Å². The summed E-state index contributed by atoms with van der Waals surface area (Å²) in [6, 6.07) is 6.05. The van der Waals surface area contributed by atoms with Crippen molar-refractivity contribution in [2.75, 3.05) is 11.9 Å². The maximum absolute atomic E-state index is 12.5. The molecule has 5 heteroatoms. The molecule has 2 fully saturated rings. The fourth-order valence-corrected chi connectivity index (χ4v) is 4.27. The van der Waals surface area contributed by atoms with Gasteiger partial charge in [-0.05, 0) is 36.8 Å². The molecule has 0 spiro atoms. The topological polar surface area (TPSA) is 66.5 Å². The Morgan fingerprint density at radius 3 is 2.08 bits per heavy atom. The maximum Gasteiger partial charge on any atom is 0.233 e. The van der Waals surface area contributed by atoms with Crippen LogP contribution in [0.3, 0.4) is 0 Å². The number of nitrogens with zero attached hydrogens (tertiary/aromatic N) is 1. The molecule has 3 rings (SSSR count). The second kappa shape index (κ2) is 8.02. The summed E-state index contributed by atoms with van der Waals surface area (Å²) < 4.78 is 0. The molecule has 2 aliphatic rings. The average molecular weight is 356 g/mol. The highest BCUT2D eigenvalue weighted by Gasteiger charge is 2.47. The van der Waals surface area contributed by atoms with E-state index in [0.717, 1.165) is 55.3 Å². The van der Waals surface area contributed by atoms with Gasteiger partial charge >= 0.3 is 0 Å². The predicted molar refractivity (Wildman–Crippen MR) is 101 cm³/mol. The summed E-state index contributed by atoms with van der Waals surface area (Å²) in [5.41, 5.74) is 3.10. The van der Waals surface area contributed by atoms with Crippen LogP contribution in [0, 0.1) is 11.8 Å².